The van der Waals surface area contributed by atoms with Crippen LogP contribution >= 0.6 is 27.3 Å². The molecule has 0 N–H and O–H groups in total. The molecule has 4 aromatic rings. The number of esters is 1. The third kappa shape index (κ3) is 6.47. The molecule has 0 unspecified atom stereocenters. The van der Waals surface area contributed by atoms with Crippen LogP contribution in [-0.2, 0) is 16.1 Å². The van der Waals surface area contributed by atoms with E-state index in [1.807, 2.05) is 31.2 Å². The number of non-ortho nitro benzene ring substituents is 1. The minimum Gasteiger partial charge on any atom is -0.481 e. The van der Waals surface area contributed by atoms with Crippen LogP contribution in [0.25, 0.3) is 6.08 Å². The monoisotopic (exact) mass is 692 g/mol. The fraction of sp³-hybridized carbons (Fsp3) is 0.194. The number of halogens is 1. The van der Waals surface area contributed by atoms with Gasteiger partial charge in [0, 0.05) is 18.2 Å². The highest BCUT2D eigenvalue weighted by Gasteiger charge is 2.33. The Hall–Kier alpha value is -4.95. The number of carbonyl (C=O) groups is 1. The van der Waals surface area contributed by atoms with Crippen molar-refractivity contribution >= 4 is 50.7 Å². The SMILES string of the molecule is CCOC(=O)C1=C(C)N=c2s/c(=C\c3cc(Br)c(OCc4ccc([N+](=O)[O-])cc4)c([N+](=O)[O-])c3)c(=O)n2[C@H]1c1ccc(C)cc1. The predicted molar refractivity (Wildman–Crippen MR) is 170 cm³/mol. The van der Waals surface area contributed by atoms with Gasteiger partial charge in [-0.3, -0.25) is 29.6 Å². The van der Waals surface area contributed by atoms with E-state index in [4.69, 9.17) is 9.47 Å². The van der Waals surface area contributed by atoms with Gasteiger partial charge in [0.05, 0.1) is 42.8 Å². The van der Waals surface area contributed by atoms with Gasteiger partial charge < -0.3 is 9.47 Å². The molecule has 0 radical (unpaired) electrons. The fourth-order valence-electron chi connectivity index (χ4n) is 4.84. The first-order valence-corrected chi connectivity index (χ1v) is 15.2. The third-order valence-electron chi connectivity index (χ3n) is 6.98. The molecule has 0 amide bonds. The number of fused-ring (bicyclic) bond motifs is 1. The molecule has 0 spiro atoms. The molecule has 45 heavy (non-hydrogen) atoms. The Morgan fingerprint density at radius 2 is 1.76 bits per heavy atom. The molecular formula is C31H25BrN4O8S. The number of hydrogen-bond acceptors (Lipinski definition) is 10. The summed E-state index contributed by atoms with van der Waals surface area (Å²) in [6.07, 6.45) is 1.53. The highest BCUT2D eigenvalue weighted by atomic mass is 79.9. The van der Waals surface area contributed by atoms with Crippen LogP contribution in [0.4, 0.5) is 11.4 Å². The van der Waals surface area contributed by atoms with E-state index in [0.717, 1.165) is 16.9 Å². The van der Waals surface area contributed by atoms with Crippen molar-refractivity contribution in [3.8, 4) is 5.75 Å². The first-order chi connectivity index (χ1) is 21.5. The summed E-state index contributed by atoms with van der Waals surface area (Å²) in [5.41, 5.74) is 2.49. The van der Waals surface area contributed by atoms with E-state index in [2.05, 4.69) is 20.9 Å². The molecule has 1 aromatic heterocycles. The molecular weight excluding hydrogens is 668 g/mol. The Labute approximate surface area is 268 Å². The standard InChI is InChI=1S/C31H25BrN4O8S/c1-4-43-30(38)26-18(3)33-31-34(27(26)21-9-5-17(2)6-10-21)29(37)25(45-31)15-20-13-23(32)28(24(14-20)36(41)42)44-16-19-7-11-22(12-8-19)35(39)40/h5-15,27H,4,16H2,1-3H3/b25-15-/t27-/m0/s1. The van der Waals surface area contributed by atoms with Crippen LogP contribution in [0.1, 0.15) is 42.1 Å². The first-order valence-electron chi connectivity index (χ1n) is 13.6. The number of rotatable bonds is 9. The number of ether oxygens (including phenoxy) is 2. The van der Waals surface area contributed by atoms with Crippen molar-refractivity contribution in [3.05, 3.63) is 139 Å². The molecule has 0 aliphatic carbocycles. The quantitative estimate of drug-likeness (QED) is 0.131. The Morgan fingerprint density at radius 1 is 1.07 bits per heavy atom. The van der Waals surface area contributed by atoms with Crippen LogP contribution in [0, 0.1) is 27.2 Å². The zero-order chi connectivity index (χ0) is 32.4. The van der Waals surface area contributed by atoms with Gasteiger partial charge in [0.15, 0.2) is 4.80 Å². The zero-order valence-corrected chi connectivity index (χ0v) is 26.6. The molecule has 14 heteroatoms. The highest BCUT2D eigenvalue weighted by Crippen LogP contribution is 2.37. The summed E-state index contributed by atoms with van der Waals surface area (Å²) in [6.45, 7) is 5.41. The van der Waals surface area contributed by atoms with E-state index in [1.165, 1.54) is 41.0 Å². The summed E-state index contributed by atoms with van der Waals surface area (Å²) in [4.78, 5) is 53.7. The number of nitrogens with zero attached hydrogens (tertiary/aromatic N) is 4. The van der Waals surface area contributed by atoms with Gasteiger partial charge >= 0.3 is 11.7 Å². The summed E-state index contributed by atoms with van der Waals surface area (Å²) in [7, 11) is 0. The number of allylic oxidation sites excluding steroid dienone is 1. The van der Waals surface area contributed by atoms with Crippen molar-refractivity contribution in [1.29, 1.82) is 0 Å². The lowest BCUT2D eigenvalue weighted by atomic mass is 9.95. The Bertz CT molecular complexity index is 2050. The molecule has 0 bridgehead atoms. The molecule has 1 atom stereocenters. The minimum atomic E-state index is -0.778. The van der Waals surface area contributed by atoms with E-state index in [-0.39, 0.29) is 44.9 Å². The lowest BCUT2D eigenvalue weighted by Gasteiger charge is -2.24. The Morgan fingerprint density at radius 3 is 2.38 bits per heavy atom. The second-order valence-electron chi connectivity index (χ2n) is 10.0. The van der Waals surface area contributed by atoms with Crippen LogP contribution in [0.2, 0.25) is 0 Å². The maximum absolute atomic E-state index is 13.9. The number of thiazole rings is 1. The van der Waals surface area contributed by atoms with E-state index >= 15 is 0 Å². The summed E-state index contributed by atoms with van der Waals surface area (Å²) in [5, 5.41) is 23.0. The van der Waals surface area contributed by atoms with Crippen molar-refractivity contribution in [3.63, 3.8) is 0 Å². The summed E-state index contributed by atoms with van der Waals surface area (Å²) in [6, 6.07) is 15.2. The second kappa shape index (κ2) is 13.0. The molecule has 0 fully saturated rings. The maximum atomic E-state index is 13.9. The highest BCUT2D eigenvalue weighted by molar-refractivity contribution is 9.10. The molecule has 3 aromatic carbocycles. The van der Waals surface area contributed by atoms with E-state index in [9.17, 15) is 29.8 Å². The van der Waals surface area contributed by atoms with Crippen molar-refractivity contribution in [2.24, 2.45) is 4.99 Å². The van der Waals surface area contributed by atoms with Gasteiger partial charge in [0.25, 0.3) is 11.2 Å². The van der Waals surface area contributed by atoms with Crippen LogP contribution in [0.15, 0.2) is 86.2 Å². The number of hydrogen-bond donors (Lipinski definition) is 0. The fourth-order valence-corrected chi connectivity index (χ4v) is 6.47. The normalized spacial score (nSPS) is 14.5. The van der Waals surface area contributed by atoms with Gasteiger partial charge in [-0.25, -0.2) is 9.79 Å². The second-order valence-corrected chi connectivity index (χ2v) is 11.9. The molecule has 5 rings (SSSR count). The lowest BCUT2D eigenvalue weighted by Crippen LogP contribution is -2.39. The number of aromatic nitrogens is 1. The van der Waals surface area contributed by atoms with Crippen molar-refractivity contribution < 1.29 is 24.1 Å². The van der Waals surface area contributed by atoms with Crippen LogP contribution < -0.4 is 19.6 Å². The number of aryl methyl sites for hydroxylation is 1. The van der Waals surface area contributed by atoms with Crippen molar-refractivity contribution in [1.82, 2.24) is 4.57 Å². The number of nitro groups is 2. The largest absolute Gasteiger partial charge is 0.481 e. The third-order valence-corrected chi connectivity index (χ3v) is 8.55. The topological polar surface area (TPSA) is 156 Å². The number of carbonyl (C=O) groups excluding carboxylic acids is 1. The average Bonchev–Trinajstić information content (AvgIpc) is 3.30. The number of benzene rings is 3. The Balaban J connectivity index is 1.56. The predicted octanol–water partition coefficient (Wildman–Crippen LogP) is 5.26. The first kappa shape index (κ1) is 31.5. The molecule has 2 heterocycles. The van der Waals surface area contributed by atoms with Crippen LogP contribution in [0.5, 0.6) is 5.75 Å². The zero-order valence-electron chi connectivity index (χ0n) is 24.2. The van der Waals surface area contributed by atoms with Crippen LogP contribution in [0.3, 0.4) is 0 Å². The van der Waals surface area contributed by atoms with Gasteiger partial charge in [0.1, 0.15) is 6.61 Å². The van der Waals surface area contributed by atoms with Gasteiger partial charge in [-0.2, -0.15) is 0 Å². The van der Waals surface area contributed by atoms with Gasteiger partial charge in [-0.1, -0.05) is 41.2 Å². The Kier molecular flexibility index (Phi) is 9.06. The van der Waals surface area contributed by atoms with E-state index in [0.29, 0.717) is 27.2 Å². The van der Waals surface area contributed by atoms with E-state index in [1.54, 1.807) is 19.9 Å². The van der Waals surface area contributed by atoms with Gasteiger partial charge in [-0.15, -0.1) is 0 Å². The summed E-state index contributed by atoms with van der Waals surface area (Å²) >= 11 is 4.46. The smallest absolute Gasteiger partial charge is 0.338 e. The number of nitro benzene ring substituents is 2. The summed E-state index contributed by atoms with van der Waals surface area (Å²) < 4.78 is 13.0. The minimum absolute atomic E-state index is 0.0361. The van der Waals surface area contributed by atoms with E-state index < -0.39 is 27.4 Å². The molecule has 1 aliphatic heterocycles. The van der Waals surface area contributed by atoms with Gasteiger partial charge in [-0.05, 0) is 77.7 Å². The van der Waals surface area contributed by atoms with Crippen molar-refractivity contribution in [2.75, 3.05) is 6.61 Å². The van der Waals surface area contributed by atoms with Crippen LogP contribution in [-0.4, -0.2) is 27.0 Å². The molecule has 1 aliphatic rings. The maximum Gasteiger partial charge on any atom is 0.338 e. The molecule has 0 saturated heterocycles. The van der Waals surface area contributed by atoms with Gasteiger partial charge in [0.2, 0.25) is 5.75 Å². The molecule has 0 saturated carbocycles. The molecule has 12 nitrogen and oxygen atoms in total. The van der Waals surface area contributed by atoms with Crippen molar-refractivity contribution in [2.45, 2.75) is 33.4 Å². The average molecular weight is 694 g/mol. The lowest BCUT2D eigenvalue weighted by molar-refractivity contribution is -0.386. The molecule has 230 valence electrons. The summed E-state index contributed by atoms with van der Waals surface area (Å²) in [5.74, 6) is -0.603.